The summed E-state index contributed by atoms with van der Waals surface area (Å²) in [7, 11) is 1.76. The Labute approximate surface area is 166 Å². The number of benzene rings is 1. The Morgan fingerprint density at radius 2 is 1.82 bits per heavy atom. The molecule has 0 atom stereocenters. The third-order valence-corrected chi connectivity index (χ3v) is 5.32. The quantitative estimate of drug-likeness (QED) is 0.717. The molecule has 1 aromatic carbocycles. The number of halogens is 4. The smallest absolute Gasteiger partial charge is 0.355 e. The van der Waals surface area contributed by atoms with Crippen molar-refractivity contribution in [3.05, 3.63) is 52.7 Å². The highest BCUT2D eigenvalue weighted by Crippen LogP contribution is 2.35. The Kier molecular flexibility index (Phi) is 5.84. The Morgan fingerprint density at radius 1 is 1.21 bits per heavy atom. The molecule has 0 radical (unpaired) electrons. The number of alkyl halides is 3. The fourth-order valence-electron chi connectivity index (χ4n) is 3.33. The van der Waals surface area contributed by atoms with Gasteiger partial charge in [-0.05, 0) is 38.0 Å². The highest BCUT2D eigenvalue weighted by molar-refractivity contribution is 6.33. The monoisotopic (exact) mass is 411 g/mol. The molecule has 1 aliphatic heterocycles. The van der Waals surface area contributed by atoms with Gasteiger partial charge in [0.1, 0.15) is 5.82 Å². The summed E-state index contributed by atoms with van der Waals surface area (Å²) in [5.74, 6) is 0.221. The lowest BCUT2D eigenvalue weighted by molar-refractivity contribution is -0.137. The SMILES string of the molecule is Cc1ccc(N(C)C(=O)C2CCN(c3ncc(C(F)(F)F)cc3Cl)CC2)cc1. The maximum Gasteiger partial charge on any atom is 0.417 e. The molecule has 28 heavy (non-hydrogen) atoms. The lowest BCUT2D eigenvalue weighted by Gasteiger charge is -2.34. The molecule has 0 unspecified atom stereocenters. The number of hydrogen-bond acceptors (Lipinski definition) is 3. The van der Waals surface area contributed by atoms with Gasteiger partial charge in [0, 0.05) is 37.9 Å². The van der Waals surface area contributed by atoms with E-state index in [0.29, 0.717) is 31.7 Å². The van der Waals surface area contributed by atoms with Crippen LogP contribution in [0.2, 0.25) is 5.02 Å². The van der Waals surface area contributed by atoms with Crippen molar-refractivity contribution in [2.75, 3.05) is 29.9 Å². The minimum absolute atomic E-state index is 0.0311. The second-order valence-corrected chi connectivity index (χ2v) is 7.43. The van der Waals surface area contributed by atoms with E-state index in [0.717, 1.165) is 23.5 Å². The van der Waals surface area contributed by atoms with Gasteiger partial charge in [-0.1, -0.05) is 29.3 Å². The van der Waals surface area contributed by atoms with E-state index in [2.05, 4.69) is 4.98 Å². The molecule has 0 aliphatic carbocycles. The summed E-state index contributed by atoms with van der Waals surface area (Å²) in [5.41, 5.74) is 1.09. The van der Waals surface area contributed by atoms with Gasteiger partial charge in [-0.15, -0.1) is 0 Å². The van der Waals surface area contributed by atoms with Gasteiger partial charge in [0.25, 0.3) is 0 Å². The van der Waals surface area contributed by atoms with E-state index in [4.69, 9.17) is 11.6 Å². The van der Waals surface area contributed by atoms with Crippen LogP contribution >= 0.6 is 11.6 Å². The highest BCUT2D eigenvalue weighted by atomic mass is 35.5. The summed E-state index contributed by atoms with van der Waals surface area (Å²) in [6.45, 7) is 3.01. The molecule has 0 bridgehead atoms. The number of carbonyl (C=O) groups is 1. The van der Waals surface area contributed by atoms with Gasteiger partial charge in [0.2, 0.25) is 5.91 Å². The van der Waals surface area contributed by atoms with Crippen LogP contribution in [0.3, 0.4) is 0 Å². The summed E-state index contributed by atoms with van der Waals surface area (Å²) < 4.78 is 38.3. The summed E-state index contributed by atoms with van der Waals surface area (Å²) in [4.78, 5) is 20.2. The third kappa shape index (κ3) is 4.41. The Bertz CT molecular complexity index is 847. The van der Waals surface area contributed by atoms with Crippen LogP contribution in [0.4, 0.5) is 24.7 Å². The highest BCUT2D eigenvalue weighted by Gasteiger charge is 2.33. The minimum Gasteiger partial charge on any atom is -0.355 e. The maximum atomic E-state index is 12.8. The van der Waals surface area contributed by atoms with Crippen molar-refractivity contribution in [3.63, 3.8) is 0 Å². The normalized spacial score (nSPS) is 15.6. The lowest BCUT2D eigenvalue weighted by Crippen LogP contribution is -2.41. The second-order valence-electron chi connectivity index (χ2n) is 7.02. The number of hydrogen-bond donors (Lipinski definition) is 0. The van der Waals surface area contributed by atoms with Crippen molar-refractivity contribution >= 4 is 29.0 Å². The molecule has 1 fully saturated rings. The van der Waals surface area contributed by atoms with Gasteiger partial charge >= 0.3 is 6.18 Å². The molecule has 2 aromatic rings. The van der Waals surface area contributed by atoms with Crippen molar-refractivity contribution in [1.29, 1.82) is 0 Å². The molecule has 0 N–H and O–H groups in total. The molecule has 0 saturated carbocycles. The Morgan fingerprint density at radius 3 is 2.36 bits per heavy atom. The standard InChI is InChI=1S/C20H21ClF3N3O/c1-13-3-5-16(6-4-13)26(2)19(28)14-7-9-27(10-8-14)18-17(21)11-15(12-25-18)20(22,23)24/h3-6,11-12,14H,7-10H2,1-2H3. The van der Waals surface area contributed by atoms with Gasteiger partial charge in [-0.3, -0.25) is 4.79 Å². The summed E-state index contributed by atoms with van der Waals surface area (Å²) in [6.07, 6.45) is -2.50. The van der Waals surface area contributed by atoms with E-state index < -0.39 is 11.7 Å². The van der Waals surface area contributed by atoms with Crippen molar-refractivity contribution in [2.24, 2.45) is 5.92 Å². The maximum absolute atomic E-state index is 12.8. The summed E-state index contributed by atoms with van der Waals surface area (Å²) >= 11 is 6.03. The van der Waals surface area contributed by atoms with Crippen LogP contribution < -0.4 is 9.80 Å². The van der Waals surface area contributed by atoms with Crippen molar-refractivity contribution in [2.45, 2.75) is 25.9 Å². The van der Waals surface area contributed by atoms with E-state index in [1.165, 1.54) is 0 Å². The summed E-state index contributed by atoms with van der Waals surface area (Å²) in [5, 5.41) is -0.0311. The first-order valence-corrected chi connectivity index (χ1v) is 9.36. The minimum atomic E-state index is -4.48. The number of pyridine rings is 1. The Hall–Kier alpha value is -2.28. The van der Waals surface area contributed by atoms with Crippen LogP contribution in [0, 0.1) is 12.8 Å². The first kappa shape index (κ1) is 20.5. The number of aromatic nitrogens is 1. The molecular weight excluding hydrogens is 391 g/mol. The zero-order valence-corrected chi connectivity index (χ0v) is 16.4. The molecule has 4 nitrogen and oxygen atoms in total. The van der Waals surface area contributed by atoms with Gasteiger partial charge in [0.05, 0.1) is 10.6 Å². The second kappa shape index (κ2) is 7.99. The molecular formula is C20H21ClF3N3O. The number of nitrogens with zero attached hydrogens (tertiary/aromatic N) is 3. The fraction of sp³-hybridized carbons (Fsp3) is 0.400. The number of aryl methyl sites for hydroxylation is 1. The summed E-state index contributed by atoms with van der Waals surface area (Å²) in [6, 6.07) is 8.63. The predicted molar refractivity (Wildman–Crippen MR) is 104 cm³/mol. The van der Waals surface area contributed by atoms with E-state index in [1.807, 2.05) is 36.1 Å². The zero-order valence-electron chi connectivity index (χ0n) is 15.6. The van der Waals surface area contributed by atoms with Gasteiger partial charge in [0.15, 0.2) is 0 Å². The number of amides is 1. The number of carbonyl (C=O) groups excluding carboxylic acids is 1. The predicted octanol–water partition coefficient (Wildman–Crippen LogP) is 4.94. The third-order valence-electron chi connectivity index (χ3n) is 5.04. The van der Waals surface area contributed by atoms with Crippen LogP contribution in [0.1, 0.15) is 24.0 Å². The first-order chi connectivity index (χ1) is 13.2. The number of anilines is 2. The average Bonchev–Trinajstić information content (AvgIpc) is 2.67. The van der Waals surface area contributed by atoms with Gasteiger partial charge < -0.3 is 9.80 Å². The van der Waals surface area contributed by atoms with Crippen molar-refractivity contribution in [3.8, 4) is 0 Å². The lowest BCUT2D eigenvalue weighted by atomic mass is 9.95. The van der Waals surface area contributed by atoms with Crippen LogP contribution in [0.15, 0.2) is 36.5 Å². The topological polar surface area (TPSA) is 36.4 Å². The first-order valence-electron chi connectivity index (χ1n) is 8.98. The van der Waals surface area contributed by atoms with Crippen LogP contribution in [0.5, 0.6) is 0 Å². The van der Waals surface area contributed by atoms with Crippen molar-refractivity contribution in [1.82, 2.24) is 4.98 Å². The molecule has 3 rings (SSSR count). The van der Waals surface area contributed by atoms with E-state index in [9.17, 15) is 18.0 Å². The average molecular weight is 412 g/mol. The molecule has 1 amide bonds. The Balaban J connectivity index is 1.64. The molecule has 0 spiro atoms. The van der Waals surface area contributed by atoms with Gasteiger partial charge in [-0.2, -0.15) is 13.2 Å². The largest absolute Gasteiger partial charge is 0.417 e. The number of rotatable bonds is 3. The molecule has 8 heteroatoms. The van der Waals surface area contributed by atoms with E-state index in [1.54, 1.807) is 11.9 Å². The molecule has 1 saturated heterocycles. The van der Waals surface area contributed by atoms with Crippen LogP contribution in [0.25, 0.3) is 0 Å². The van der Waals surface area contributed by atoms with E-state index >= 15 is 0 Å². The molecule has 1 aliphatic rings. The molecule has 1 aromatic heterocycles. The number of piperidine rings is 1. The van der Waals surface area contributed by atoms with E-state index in [-0.39, 0.29) is 16.8 Å². The van der Waals surface area contributed by atoms with Gasteiger partial charge in [-0.25, -0.2) is 4.98 Å². The fourth-order valence-corrected chi connectivity index (χ4v) is 3.61. The molecule has 2 heterocycles. The zero-order chi connectivity index (χ0) is 20.5. The molecule has 150 valence electrons. The van der Waals surface area contributed by atoms with Crippen LogP contribution in [-0.4, -0.2) is 31.0 Å². The van der Waals surface area contributed by atoms with Crippen LogP contribution in [-0.2, 0) is 11.0 Å². The van der Waals surface area contributed by atoms with Crippen molar-refractivity contribution < 1.29 is 18.0 Å².